The largest absolute Gasteiger partial charge is 0.461 e. The maximum absolute atomic E-state index is 11.7. The van der Waals surface area contributed by atoms with Gasteiger partial charge in [0.05, 0.1) is 0 Å². The fraction of sp³-hybridized carbons (Fsp3) is 0.265. The standard InChI is InChI=1S/C34H33BO5/c1-37-33(26-15-7-3-8-16-26,27-17-9-4-10-18-27)31-32(40-35(39-31)30-23-25(30)24-36)34(38-2,28-19-11-5-12-20-28)29-21-13-6-14-22-29/h3-22,24-25,30-32H,23H2,1-2H3/t25-,30-,31+,32+/m0/s1. The van der Waals surface area contributed by atoms with E-state index in [2.05, 4.69) is 48.5 Å². The predicted octanol–water partition coefficient (Wildman–Crippen LogP) is 6.03. The second-order valence-corrected chi connectivity index (χ2v) is 10.5. The minimum absolute atomic E-state index is 0.0211. The highest BCUT2D eigenvalue weighted by molar-refractivity contribution is 6.49. The second kappa shape index (κ2) is 11.1. The topological polar surface area (TPSA) is 54.0 Å². The first-order chi connectivity index (χ1) is 19.7. The number of hydrogen-bond acceptors (Lipinski definition) is 5. The molecule has 0 bridgehead atoms. The van der Waals surface area contributed by atoms with Crippen LogP contribution in [-0.4, -0.2) is 39.8 Å². The van der Waals surface area contributed by atoms with Gasteiger partial charge < -0.3 is 23.6 Å². The van der Waals surface area contributed by atoms with Gasteiger partial charge in [0, 0.05) is 26.0 Å². The molecule has 4 aromatic rings. The second-order valence-electron chi connectivity index (χ2n) is 10.5. The number of ether oxygens (including phenoxy) is 2. The van der Waals surface area contributed by atoms with Gasteiger partial charge in [-0.3, -0.25) is 0 Å². The van der Waals surface area contributed by atoms with Crippen LogP contribution in [0, 0.1) is 5.92 Å². The Morgan fingerprint density at radius 1 is 0.625 bits per heavy atom. The van der Waals surface area contributed by atoms with Crippen LogP contribution in [-0.2, 0) is 34.8 Å². The highest BCUT2D eigenvalue weighted by atomic mass is 16.7. The van der Waals surface area contributed by atoms with Gasteiger partial charge in [0.2, 0.25) is 0 Å². The maximum Gasteiger partial charge on any atom is 0.461 e. The van der Waals surface area contributed by atoms with Gasteiger partial charge >= 0.3 is 7.12 Å². The van der Waals surface area contributed by atoms with E-state index in [4.69, 9.17) is 18.8 Å². The molecule has 2 aliphatic rings. The lowest BCUT2D eigenvalue weighted by Gasteiger charge is -2.47. The molecule has 0 aromatic heterocycles. The van der Waals surface area contributed by atoms with Gasteiger partial charge in [-0.05, 0) is 28.7 Å². The average molecular weight is 532 g/mol. The molecule has 6 rings (SSSR count). The van der Waals surface area contributed by atoms with Crippen molar-refractivity contribution in [3.8, 4) is 0 Å². The van der Waals surface area contributed by atoms with Crippen LogP contribution in [0.2, 0.25) is 5.82 Å². The lowest BCUT2D eigenvalue weighted by molar-refractivity contribution is -0.136. The van der Waals surface area contributed by atoms with Crippen LogP contribution in [0.4, 0.5) is 0 Å². The summed E-state index contributed by atoms with van der Waals surface area (Å²) in [7, 11) is 2.85. The molecule has 0 unspecified atom stereocenters. The number of benzene rings is 4. The third-order valence-corrected chi connectivity index (χ3v) is 8.51. The van der Waals surface area contributed by atoms with E-state index in [0.717, 1.165) is 35.0 Å². The van der Waals surface area contributed by atoms with Crippen LogP contribution < -0.4 is 0 Å². The van der Waals surface area contributed by atoms with Crippen molar-refractivity contribution >= 4 is 13.4 Å². The van der Waals surface area contributed by atoms with Crippen LogP contribution in [0.25, 0.3) is 0 Å². The summed E-state index contributed by atoms with van der Waals surface area (Å²) in [5.41, 5.74) is 1.68. The summed E-state index contributed by atoms with van der Waals surface area (Å²) >= 11 is 0. The molecular weight excluding hydrogens is 499 g/mol. The Kier molecular flexibility index (Phi) is 7.43. The lowest BCUT2D eigenvalue weighted by Crippen LogP contribution is -2.56. The molecule has 1 saturated heterocycles. The molecular formula is C34H33BO5. The minimum Gasteiger partial charge on any atom is -0.402 e. The van der Waals surface area contributed by atoms with Crippen molar-refractivity contribution in [2.24, 2.45) is 5.92 Å². The van der Waals surface area contributed by atoms with Gasteiger partial charge in [-0.1, -0.05) is 121 Å². The molecule has 0 amide bonds. The Labute approximate surface area is 236 Å². The zero-order valence-electron chi connectivity index (χ0n) is 22.8. The Bertz CT molecular complexity index is 1220. The highest BCUT2D eigenvalue weighted by Crippen LogP contribution is 2.55. The lowest BCUT2D eigenvalue weighted by atomic mass is 9.71. The van der Waals surface area contributed by atoms with Crippen LogP contribution >= 0.6 is 0 Å². The van der Waals surface area contributed by atoms with Gasteiger partial charge in [0.1, 0.15) is 29.7 Å². The fourth-order valence-corrected chi connectivity index (χ4v) is 6.43. The van der Waals surface area contributed by atoms with E-state index in [1.807, 2.05) is 72.8 Å². The third kappa shape index (κ3) is 4.32. The molecule has 6 heteroatoms. The summed E-state index contributed by atoms with van der Waals surface area (Å²) in [5.74, 6) is -0.104. The first-order valence-electron chi connectivity index (χ1n) is 13.8. The Hall–Kier alpha value is -3.55. The number of carbonyl (C=O) groups is 1. The van der Waals surface area contributed by atoms with Crippen molar-refractivity contribution in [2.45, 2.75) is 35.6 Å². The first-order valence-corrected chi connectivity index (χ1v) is 13.8. The van der Waals surface area contributed by atoms with Crippen LogP contribution in [0.15, 0.2) is 121 Å². The van der Waals surface area contributed by atoms with E-state index in [-0.39, 0.29) is 11.7 Å². The normalized spacial score (nSPS) is 22.7. The van der Waals surface area contributed by atoms with Crippen molar-refractivity contribution in [3.05, 3.63) is 144 Å². The SMILES string of the molecule is COC(c1ccccc1)(c1ccccc1)[C@@H]1OB([C@H]2C[C@H]2C=O)O[C@H]1C(OC)(c1ccccc1)c1ccccc1. The monoisotopic (exact) mass is 532 g/mol. The molecule has 1 aliphatic heterocycles. The van der Waals surface area contributed by atoms with Crippen molar-refractivity contribution in [2.75, 3.05) is 14.2 Å². The van der Waals surface area contributed by atoms with E-state index in [1.54, 1.807) is 14.2 Å². The highest BCUT2D eigenvalue weighted by Gasteiger charge is 2.65. The van der Waals surface area contributed by atoms with Crippen molar-refractivity contribution in [1.29, 1.82) is 0 Å². The van der Waals surface area contributed by atoms with Gasteiger partial charge in [-0.2, -0.15) is 0 Å². The van der Waals surface area contributed by atoms with Gasteiger partial charge in [0.15, 0.2) is 0 Å². The third-order valence-electron chi connectivity index (χ3n) is 8.51. The van der Waals surface area contributed by atoms with Gasteiger partial charge in [-0.15, -0.1) is 0 Å². The van der Waals surface area contributed by atoms with Crippen LogP contribution in [0.1, 0.15) is 28.7 Å². The van der Waals surface area contributed by atoms with Crippen molar-refractivity contribution in [1.82, 2.24) is 0 Å². The first kappa shape index (κ1) is 26.7. The Morgan fingerprint density at radius 3 is 1.20 bits per heavy atom. The average Bonchev–Trinajstić information content (AvgIpc) is 3.71. The molecule has 1 aliphatic carbocycles. The summed E-state index contributed by atoms with van der Waals surface area (Å²) in [5, 5.41) is 0. The number of rotatable bonds is 10. The molecule has 1 heterocycles. The zero-order valence-corrected chi connectivity index (χ0v) is 22.8. The molecule has 202 valence electrons. The van der Waals surface area contributed by atoms with Crippen LogP contribution in [0.5, 0.6) is 0 Å². The fourth-order valence-electron chi connectivity index (χ4n) is 6.43. The molecule has 1 saturated carbocycles. The van der Waals surface area contributed by atoms with E-state index in [9.17, 15) is 4.79 Å². The summed E-state index contributed by atoms with van der Waals surface area (Å²) in [6.45, 7) is 0. The van der Waals surface area contributed by atoms with E-state index in [1.165, 1.54) is 0 Å². The molecule has 0 N–H and O–H groups in total. The molecule has 40 heavy (non-hydrogen) atoms. The molecule has 2 fully saturated rings. The molecule has 0 spiro atoms. The Balaban J connectivity index is 1.61. The van der Waals surface area contributed by atoms with Gasteiger partial charge in [-0.25, -0.2) is 0 Å². The summed E-state index contributed by atoms with van der Waals surface area (Å²) in [6.07, 6.45) is 0.470. The number of methoxy groups -OCH3 is 2. The summed E-state index contributed by atoms with van der Waals surface area (Å²) < 4.78 is 27.1. The Morgan fingerprint density at radius 2 is 0.950 bits per heavy atom. The maximum atomic E-state index is 11.7. The number of hydrogen-bond donors (Lipinski definition) is 0. The molecule has 4 aromatic carbocycles. The zero-order chi connectivity index (χ0) is 27.6. The molecule has 5 nitrogen and oxygen atoms in total. The molecule has 0 radical (unpaired) electrons. The van der Waals surface area contributed by atoms with E-state index < -0.39 is 30.5 Å². The minimum atomic E-state index is -1.04. The summed E-state index contributed by atoms with van der Waals surface area (Å²) in [4.78, 5) is 11.7. The quantitative estimate of drug-likeness (QED) is 0.185. The summed E-state index contributed by atoms with van der Waals surface area (Å²) in [6, 6.07) is 40.6. The van der Waals surface area contributed by atoms with E-state index >= 15 is 0 Å². The van der Waals surface area contributed by atoms with Crippen LogP contribution in [0.3, 0.4) is 0 Å². The van der Waals surface area contributed by atoms with E-state index in [0.29, 0.717) is 0 Å². The van der Waals surface area contributed by atoms with Crippen molar-refractivity contribution in [3.63, 3.8) is 0 Å². The number of aldehydes is 1. The number of carbonyl (C=O) groups excluding carboxylic acids is 1. The molecule has 4 atom stereocenters. The van der Waals surface area contributed by atoms with Crippen molar-refractivity contribution < 1.29 is 23.6 Å². The predicted molar refractivity (Wildman–Crippen MR) is 155 cm³/mol. The smallest absolute Gasteiger partial charge is 0.402 e. The van der Waals surface area contributed by atoms with Gasteiger partial charge in [0.25, 0.3) is 0 Å².